The largest absolute Gasteiger partial charge is 0.474 e. The summed E-state index contributed by atoms with van der Waals surface area (Å²) in [5.74, 6) is 0.660. The first-order valence-electron chi connectivity index (χ1n) is 9.09. The fourth-order valence-corrected chi connectivity index (χ4v) is 3.98. The van der Waals surface area contributed by atoms with E-state index in [0.717, 1.165) is 29.1 Å². The maximum atomic E-state index is 12.8. The van der Waals surface area contributed by atoms with Gasteiger partial charge in [-0.3, -0.25) is 4.79 Å². The minimum Gasteiger partial charge on any atom is -0.474 e. The first-order chi connectivity index (χ1) is 13.2. The van der Waals surface area contributed by atoms with Gasteiger partial charge in [0.1, 0.15) is 16.8 Å². The molecule has 138 valence electrons. The first-order valence-corrected chi connectivity index (χ1v) is 9.97. The van der Waals surface area contributed by atoms with Gasteiger partial charge in [0.25, 0.3) is 5.91 Å². The van der Waals surface area contributed by atoms with E-state index in [4.69, 9.17) is 4.74 Å². The second-order valence-corrected chi connectivity index (χ2v) is 7.49. The van der Waals surface area contributed by atoms with Crippen molar-refractivity contribution in [2.24, 2.45) is 0 Å². The van der Waals surface area contributed by atoms with Crippen LogP contribution >= 0.6 is 11.3 Å². The number of aromatic nitrogens is 2. The zero-order valence-corrected chi connectivity index (χ0v) is 16.0. The highest BCUT2D eigenvalue weighted by Crippen LogP contribution is 2.25. The highest BCUT2D eigenvalue weighted by Gasteiger charge is 2.26. The second kappa shape index (κ2) is 7.88. The number of piperidine rings is 1. The predicted molar refractivity (Wildman–Crippen MR) is 106 cm³/mol. The summed E-state index contributed by atoms with van der Waals surface area (Å²) in [5, 5.41) is 2.73. The maximum absolute atomic E-state index is 12.8. The SMILES string of the molecule is Cc1cccc(OC2CCN(C(=O)c3csc(-c4ccccc4)n3)CC2)n1. The van der Waals surface area contributed by atoms with E-state index in [2.05, 4.69) is 9.97 Å². The van der Waals surface area contributed by atoms with Gasteiger partial charge in [0.05, 0.1) is 0 Å². The third-order valence-electron chi connectivity index (χ3n) is 4.62. The number of benzene rings is 1. The number of hydrogen-bond donors (Lipinski definition) is 0. The summed E-state index contributed by atoms with van der Waals surface area (Å²) in [7, 11) is 0. The van der Waals surface area contributed by atoms with Crippen LogP contribution < -0.4 is 4.74 Å². The molecule has 4 rings (SSSR count). The molecule has 27 heavy (non-hydrogen) atoms. The van der Waals surface area contributed by atoms with Crippen molar-refractivity contribution in [3.8, 4) is 16.5 Å². The molecule has 0 bridgehead atoms. The maximum Gasteiger partial charge on any atom is 0.273 e. The zero-order chi connectivity index (χ0) is 18.6. The van der Waals surface area contributed by atoms with E-state index in [1.54, 1.807) is 0 Å². The van der Waals surface area contributed by atoms with Crippen molar-refractivity contribution in [2.45, 2.75) is 25.9 Å². The summed E-state index contributed by atoms with van der Waals surface area (Å²) in [5.41, 5.74) is 2.51. The molecule has 5 nitrogen and oxygen atoms in total. The van der Waals surface area contributed by atoms with Crippen LogP contribution in [-0.2, 0) is 0 Å². The summed E-state index contributed by atoms with van der Waals surface area (Å²) in [6.07, 6.45) is 1.70. The summed E-state index contributed by atoms with van der Waals surface area (Å²) < 4.78 is 5.97. The standard InChI is InChI=1S/C21H21N3O2S/c1-15-6-5-9-19(22-15)26-17-10-12-24(13-11-17)21(25)18-14-27-20(23-18)16-7-3-2-4-8-16/h2-9,14,17H,10-13H2,1H3. The van der Waals surface area contributed by atoms with Gasteiger partial charge in [-0.05, 0) is 13.0 Å². The quantitative estimate of drug-likeness (QED) is 0.682. The highest BCUT2D eigenvalue weighted by molar-refractivity contribution is 7.13. The number of amides is 1. The lowest BCUT2D eigenvalue weighted by Crippen LogP contribution is -2.42. The Kier molecular flexibility index (Phi) is 5.16. The van der Waals surface area contributed by atoms with E-state index in [1.807, 2.05) is 65.7 Å². The van der Waals surface area contributed by atoms with Crippen molar-refractivity contribution >= 4 is 17.2 Å². The zero-order valence-electron chi connectivity index (χ0n) is 15.2. The smallest absolute Gasteiger partial charge is 0.273 e. The first kappa shape index (κ1) is 17.7. The van der Waals surface area contributed by atoms with E-state index in [1.165, 1.54) is 11.3 Å². The summed E-state index contributed by atoms with van der Waals surface area (Å²) in [6.45, 7) is 3.30. The van der Waals surface area contributed by atoms with Crippen LogP contribution in [0.25, 0.3) is 10.6 Å². The molecular weight excluding hydrogens is 358 g/mol. The van der Waals surface area contributed by atoms with Crippen molar-refractivity contribution in [2.75, 3.05) is 13.1 Å². The monoisotopic (exact) mass is 379 g/mol. The van der Waals surface area contributed by atoms with Gasteiger partial charge in [0.2, 0.25) is 5.88 Å². The van der Waals surface area contributed by atoms with Crippen LogP contribution in [0.1, 0.15) is 29.0 Å². The Morgan fingerprint density at radius 3 is 2.59 bits per heavy atom. The number of hydrogen-bond acceptors (Lipinski definition) is 5. The van der Waals surface area contributed by atoms with Crippen LogP contribution in [0.4, 0.5) is 0 Å². The highest BCUT2D eigenvalue weighted by atomic mass is 32.1. The minimum atomic E-state index is 0.000520. The molecule has 0 radical (unpaired) electrons. The van der Waals surface area contributed by atoms with Crippen LogP contribution in [0, 0.1) is 6.92 Å². The Morgan fingerprint density at radius 2 is 1.85 bits per heavy atom. The van der Waals surface area contributed by atoms with Crippen molar-refractivity contribution in [3.63, 3.8) is 0 Å². The van der Waals surface area contributed by atoms with E-state index in [9.17, 15) is 4.79 Å². The molecule has 0 unspecified atom stereocenters. The molecule has 3 aromatic rings. The molecule has 1 amide bonds. The Hall–Kier alpha value is -2.73. The lowest BCUT2D eigenvalue weighted by molar-refractivity contribution is 0.0583. The van der Waals surface area contributed by atoms with E-state index in [0.29, 0.717) is 24.7 Å². The number of ether oxygens (including phenoxy) is 1. The molecule has 1 aliphatic heterocycles. The number of rotatable bonds is 4. The molecule has 2 aromatic heterocycles. The molecule has 3 heterocycles. The lowest BCUT2D eigenvalue weighted by Gasteiger charge is -2.31. The molecule has 1 saturated heterocycles. The summed E-state index contributed by atoms with van der Waals surface area (Å²) in [4.78, 5) is 23.6. The Balaban J connectivity index is 1.35. The predicted octanol–water partition coefficient (Wildman–Crippen LogP) is 4.20. The van der Waals surface area contributed by atoms with Gasteiger partial charge in [-0.2, -0.15) is 0 Å². The van der Waals surface area contributed by atoms with Crippen LogP contribution in [0.5, 0.6) is 5.88 Å². The topological polar surface area (TPSA) is 55.3 Å². The van der Waals surface area contributed by atoms with Gasteiger partial charge in [0.15, 0.2) is 0 Å². The number of aryl methyl sites for hydroxylation is 1. The molecule has 0 N–H and O–H groups in total. The average molecular weight is 379 g/mol. The Morgan fingerprint density at radius 1 is 1.07 bits per heavy atom. The molecule has 6 heteroatoms. The van der Waals surface area contributed by atoms with Crippen molar-refractivity contribution in [1.82, 2.24) is 14.9 Å². The molecule has 1 aliphatic rings. The van der Waals surface area contributed by atoms with Gasteiger partial charge >= 0.3 is 0 Å². The van der Waals surface area contributed by atoms with Crippen LogP contribution in [-0.4, -0.2) is 40.0 Å². The summed E-state index contributed by atoms with van der Waals surface area (Å²) in [6, 6.07) is 15.7. The molecule has 1 aromatic carbocycles. The van der Waals surface area contributed by atoms with E-state index >= 15 is 0 Å². The van der Waals surface area contributed by atoms with Gasteiger partial charge in [-0.25, -0.2) is 9.97 Å². The number of carbonyl (C=O) groups is 1. The molecule has 0 saturated carbocycles. The molecular formula is C21H21N3O2S. The van der Waals surface area contributed by atoms with Crippen LogP contribution in [0.2, 0.25) is 0 Å². The van der Waals surface area contributed by atoms with Crippen molar-refractivity contribution in [1.29, 1.82) is 0 Å². The molecule has 0 spiro atoms. The van der Waals surface area contributed by atoms with Gasteiger partial charge in [-0.15, -0.1) is 11.3 Å². The minimum absolute atomic E-state index is 0.000520. The lowest BCUT2D eigenvalue weighted by atomic mass is 10.1. The fourth-order valence-electron chi connectivity index (χ4n) is 3.18. The molecule has 1 fully saturated rings. The number of thiazole rings is 1. The van der Waals surface area contributed by atoms with Gasteiger partial charge in [0, 0.05) is 48.6 Å². The van der Waals surface area contributed by atoms with E-state index < -0.39 is 0 Å². The number of nitrogens with zero attached hydrogens (tertiary/aromatic N) is 3. The second-order valence-electron chi connectivity index (χ2n) is 6.63. The van der Waals surface area contributed by atoms with Crippen molar-refractivity contribution < 1.29 is 9.53 Å². The van der Waals surface area contributed by atoms with Gasteiger partial charge in [-0.1, -0.05) is 36.4 Å². The molecule has 0 atom stereocenters. The number of pyridine rings is 1. The van der Waals surface area contributed by atoms with Crippen molar-refractivity contribution in [3.05, 3.63) is 65.3 Å². The number of likely N-dealkylation sites (tertiary alicyclic amines) is 1. The fraction of sp³-hybridized carbons (Fsp3) is 0.286. The Bertz CT molecular complexity index is 918. The third-order valence-corrected chi connectivity index (χ3v) is 5.51. The third kappa shape index (κ3) is 4.17. The summed E-state index contributed by atoms with van der Waals surface area (Å²) >= 11 is 1.51. The Labute approximate surface area is 162 Å². The average Bonchev–Trinajstić information content (AvgIpc) is 3.19. The molecule has 0 aliphatic carbocycles. The van der Waals surface area contributed by atoms with Crippen LogP contribution in [0.3, 0.4) is 0 Å². The normalized spacial score (nSPS) is 14.9. The van der Waals surface area contributed by atoms with E-state index in [-0.39, 0.29) is 12.0 Å². The van der Waals surface area contributed by atoms with Gasteiger partial charge < -0.3 is 9.64 Å². The number of carbonyl (C=O) groups excluding carboxylic acids is 1. The van der Waals surface area contributed by atoms with Crippen LogP contribution in [0.15, 0.2) is 53.9 Å².